The van der Waals surface area contributed by atoms with Gasteiger partial charge in [-0.15, -0.1) is 0 Å². The van der Waals surface area contributed by atoms with Gasteiger partial charge in [-0.05, 0) is 44.1 Å². The van der Waals surface area contributed by atoms with Gasteiger partial charge in [0.15, 0.2) is 0 Å². The molecular formula is C21H36ClN3O. The molecule has 2 heterocycles. The molecule has 2 aliphatic rings. The van der Waals surface area contributed by atoms with Gasteiger partial charge in [-0.1, -0.05) is 58.6 Å². The summed E-state index contributed by atoms with van der Waals surface area (Å²) in [5.74, 6) is 0.690. The summed E-state index contributed by atoms with van der Waals surface area (Å²) >= 11 is 6.15. The average molecular weight is 382 g/mol. The maximum Gasteiger partial charge on any atom is 0.145 e. The van der Waals surface area contributed by atoms with E-state index in [1.54, 1.807) is 6.33 Å². The highest BCUT2D eigenvalue weighted by Crippen LogP contribution is 2.33. The Morgan fingerprint density at radius 3 is 2.15 bits per heavy atom. The van der Waals surface area contributed by atoms with Gasteiger partial charge in [0.05, 0.1) is 5.39 Å². The van der Waals surface area contributed by atoms with Gasteiger partial charge in [0, 0.05) is 18.8 Å². The van der Waals surface area contributed by atoms with Gasteiger partial charge in [-0.2, -0.15) is 0 Å². The third-order valence-corrected chi connectivity index (χ3v) is 4.96. The molecule has 4 rings (SSSR count). The zero-order chi connectivity index (χ0) is 19.5. The zero-order valence-corrected chi connectivity index (χ0v) is 17.9. The first-order valence-electron chi connectivity index (χ1n) is 10.3. The smallest absolute Gasteiger partial charge is 0.145 e. The Balaban J connectivity index is 0.000000316. The molecule has 2 aliphatic carbocycles. The van der Waals surface area contributed by atoms with Crippen molar-refractivity contribution in [2.75, 3.05) is 6.61 Å². The standard InChI is InChI=1S/C13H16ClN3.C4H8O.2C2H6/c1-9-7-17(10-5-3-2-4-6-10)13-11(9)12(14)15-8-16-13;5-3-4-1-2-4;2*1-2/h7-8,10H,2-6H2,1H3;4-5H,1-3H2;2*1-2H3. The Labute approximate surface area is 164 Å². The number of aliphatic hydroxyl groups excluding tert-OH is 1. The number of hydrogen-bond donors (Lipinski definition) is 1. The Hall–Kier alpha value is -1.13. The predicted molar refractivity (Wildman–Crippen MR) is 112 cm³/mol. The molecule has 0 bridgehead atoms. The fourth-order valence-corrected chi connectivity index (χ4v) is 3.44. The van der Waals surface area contributed by atoms with E-state index < -0.39 is 0 Å². The molecule has 1 N–H and O–H groups in total. The van der Waals surface area contributed by atoms with Crippen molar-refractivity contribution in [1.29, 1.82) is 0 Å². The molecule has 0 saturated heterocycles. The second-order valence-electron chi connectivity index (χ2n) is 6.50. The molecule has 2 aromatic rings. The van der Waals surface area contributed by atoms with Crippen LogP contribution < -0.4 is 0 Å². The molecule has 5 heteroatoms. The summed E-state index contributed by atoms with van der Waals surface area (Å²) in [5.41, 5.74) is 2.17. The molecule has 0 unspecified atom stereocenters. The van der Waals surface area contributed by atoms with E-state index in [0.717, 1.165) is 11.0 Å². The van der Waals surface area contributed by atoms with Crippen molar-refractivity contribution in [3.8, 4) is 0 Å². The van der Waals surface area contributed by atoms with Crippen LogP contribution in [0.4, 0.5) is 0 Å². The van der Waals surface area contributed by atoms with Gasteiger partial charge in [0.25, 0.3) is 0 Å². The van der Waals surface area contributed by atoms with Gasteiger partial charge < -0.3 is 9.67 Å². The maximum absolute atomic E-state index is 8.21. The summed E-state index contributed by atoms with van der Waals surface area (Å²) in [7, 11) is 0. The van der Waals surface area contributed by atoms with Crippen LogP contribution >= 0.6 is 11.6 Å². The molecule has 2 aromatic heterocycles. The average Bonchev–Trinajstić information content (AvgIpc) is 3.49. The van der Waals surface area contributed by atoms with Crippen molar-refractivity contribution >= 4 is 22.6 Å². The van der Waals surface area contributed by atoms with E-state index in [9.17, 15) is 0 Å². The molecule has 0 aliphatic heterocycles. The molecule has 0 spiro atoms. The van der Waals surface area contributed by atoms with Gasteiger partial charge in [-0.3, -0.25) is 0 Å². The number of nitrogens with zero attached hydrogens (tertiary/aromatic N) is 3. The highest BCUT2D eigenvalue weighted by molar-refractivity contribution is 6.34. The van der Waals surface area contributed by atoms with Gasteiger partial charge in [-0.25, -0.2) is 9.97 Å². The second-order valence-corrected chi connectivity index (χ2v) is 6.86. The van der Waals surface area contributed by atoms with Gasteiger partial charge >= 0.3 is 0 Å². The Morgan fingerprint density at radius 1 is 1.04 bits per heavy atom. The van der Waals surface area contributed by atoms with Crippen LogP contribution in [0.1, 0.15) is 84.2 Å². The third kappa shape index (κ3) is 6.24. The number of rotatable bonds is 2. The first-order valence-corrected chi connectivity index (χ1v) is 10.7. The largest absolute Gasteiger partial charge is 0.396 e. The molecule has 0 radical (unpaired) electrons. The molecular weight excluding hydrogens is 346 g/mol. The van der Waals surface area contributed by atoms with Crippen molar-refractivity contribution in [2.45, 2.75) is 85.6 Å². The first kappa shape index (κ1) is 22.9. The number of halogens is 1. The van der Waals surface area contributed by atoms with E-state index in [1.807, 2.05) is 27.7 Å². The van der Waals surface area contributed by atoms with E-state index in [2.05, 4.69) is 27.7 Å². The van der Waals surface area contributed by atoms with Crippen molar-refractivity contribution in [3.63, 3.8) is 0 Å². The monoisotopic (exact) mass is 381 g/mol. The lowest BCUT2D eigenvalue weighted by Crippen LogP contribution is -2.12. The lowest BCUT2D eigenvalue weighted by Gasteiger charge is -2.23. The molecule has 26 heavy (non-hydrogen) atoms. The predicted octanol–water partition coefficient (Wildman–Crippen LogP) is 6.34. The highest BCUT2D eigenvalue weighted by atomic mass is 35.5. The minimum Gasteiger partial charge on any atom is -0.396 e. The SMILES string of the molecule is CC.CC.Cc1cn(C2CCCCC2)c2ncnc(Cl)c12.OCC1CC1. The van der Waals surface area contributed by atoms with Crippen LogP contribution in [0.2, 0.25) is 5.15 Å². The number of hydrogen-bond acceptors (Lipinski definition) is 3. The molecule has 2 saturated carbocycles. The molecule has 0 aromatic carbocycles. The first-order chi connectivity index (χ1) is 12.7. The highest BCUT2D eigenvalue weighted by Gasteiger charge is 2.20. The van der Waals surface area contributed by atoms with Gasteiger partial charge in [0.1, 0.15) is 17.1 Å². The molecule has 0 amide bonds. The summed E-state index contributed by atoms with van der Waals surface area (Å²) in [6, 6.07) is 0.589. The lowest BCUT2D eigenvalue weighted by molar-refractivity contribution is 0.277. The Bertz CT molecular complexity index is 631. The molecule has 4 nitrogen and oxygen atoms in total. The fraction of sp³-hybridized carbons (Fsp3) is 0.714. The lowest BCUT2D eigenvalue weighted by atomic mass is 9.95. The fourth-order valence-electron chi connectivity index (χ4n) is 3.16. The summed E-state index contributed by atoms with van der Waals surface area (Å²) in [5, 5.41) is 9.79. The van der Waals surface area contributed by atoms with Crippen molar-refractivity contribution in [1.82, 2.24) is 14.5 Å². The summed E-state index contributed by atoms with van der Waals surface area (Å²) in [4.78, 5) is 8.47. The number of aromatic nitrogens is 3. The summed E-state index contributed by atoms with van der Waals surface area (Å²) < 4.78 is 2.30. The summed E-state index contributed by atoms with van der Waals surface area (Å²) in [6.45, 7) is 10.5. The van der Waals surface area contributed by atoms with Crippen molar-refractivity contribution in [2.24, 2.45) is 5.92 Å². The topological polar surface area (TPSA) is 50.9 Å². The number of aryl methyl sites for hydroxylation is 1. The van der Waals surface area contributed by atoms with Crippen molar-refractivity contribution < 1.29 is 5.11 Å². The molecule has 0 atom stereocenters. The maximum atomic E-state index is 8.21. The second kappa shape index (κ2) is 12.3. The molecule has 148 valence electrons. The zero-order valence-electron chi connectivity index (χ0n) is 17.1. The van der Waals surface area contributed by atoms with Crippen LogP contribution in [0.3, 0.4) is 0 Å². The van der Waals surface area contributed by atoms with E-state index in [4.69, 9.17) is 16.7 Å². The number of fused-ring (bicyclic) bond motifs is 1. The van der Waals surface area contributed by atoms with E-state index >= 15 is 0 Å². The van der Waals surface area contributed by atoms with Crippen LogP contribution in [-0.2, 0) is 0 Å². The minimum absolute atomic E-state index is 0.417. The van der Waals surface area contributed by atoms with Crippen LogP contribution in [0.15, 0.2) is 12.5 Å². The Kier molecular flexibility index (Phi) is 10.8. The van der Waals surface area contributed by atoms with Crippen LogP contribution in [0.25, 0.3) is 11.0 Å². The van der Waals surface area contributed by atoms with E-state index in [-0.39, 0.29) is 0 Å². The van der Waals surface area contributed by atoms with Crippen molar-refractivity contribution in [3.05, 3.63) is 23.2 Å². The minimum atomic E-state index is 0.417. The van der Waals surface area contributed by atoms with E-state index in [0.29, 0.717) is 23.7 Å². The van der Waals surface area contributed by atoms with Crippen LogP contribution in [0, 0.1) is 12.8 Å². The third-order valence-electron chi connectivity index (χ3n) is 4.68. The quantitative estimate of drug-likeness (QED) is 0.617. The van der Waals surface area contributed by atoms with Crippen LogP contribution in [-0.4, -0.2) is 26.2 Å². The Morgan fingerprint density at radius 2 is 1.65 bits per heavy atom. The number of aliphatic hydroxyl groups is 1. The summed E-state index contributed by atoms with van der Waals surface area (Å²) in [6.07, 6.45) is 12.8. The normalized spacial score (nSPS) is 16.6. The van der Waals surface area contributed by atoms with Crippen LogP contribution in [0.5, 0.6) is 0 Å². The van der Waals surface area contributed by atoms with E-state index in [1.165, 1.54) is 50.5 Å². The molecule has 2 fully saturated rings. The van der Waals surface area contributed by atoms with Gasteiger partial charge in [0.2, 0.25) is 0 Å².